The van der Waals surface area contributed by atoms with Gasteiger partial charge in [0.05, 0.1) is 0 Å². The molecule has 0 saturated carbocycles. The van der Waals surface area contributed by atoms with Crippen LogP contribution in [-0.4, -0.2) is 23.2 Å². The van der Waals surface area contributed by atoms with Gasteiger partial charge in [0.15, 0.2) is 0 Å². The van der Waals surface area contributed by atoms with Crippen LogP contribution in [0.25, 0.3) is 0 Å². The van der Waals surface area contributed by atoms with Crippen LogP contribution < -0.4 is 5.32 Å². The van der Waals surface area contributed by atoms with E-state index in [1.54, 1.807) is 6.20 Å². The van der Waals surface area contributed by atoms with E-state index in [-0.39, 0.29) is 6.61 Å². The Labute approximate surface area is 104 Å². The van der Waals surface area contributed by atoms with Gasteiger partial charge >= 0.3 is 0 Å². The third-order valence-corrected chi connectivity index (χ3v) is 3.13. The van der Waals surface area contributed by atoms with Crippen molar-refractivity contribution in [1.82, 2.24) is 10.3 Å². The molecule has 0 radical (unpaired) electrons. The molecule has 2 N–H and O–H groups in total. The Balaban J connectivity index is 2.38. The number of hydrogen-bond acceptors (Lipinski definition) is 3. The highest BCUT2D eigenvalue weighted by atomic mass is 16.3. The first-order chi connectivity index (χ1) is 8.27. The largest absolute Gasteiger partial charge is 0.396 e. The summed E-state index contributed by atoms with van der Waals surface area (Å²) in [5.74, 6) is 0.573. The molecule has 3 nitrogen and oxygen atoms in total. The first kappa shape index (κ1) is 14.1. The van der Waals surface area contributed by atoms with E-state index in [9.17, 15) is 0 Å². The third-order valence-electron chi connectivity index (χ3n) is 3.13. The van der Waals surface area contributed by atoms with Crippen LogP contribution in [0.15, 0.2) is 24.5 Å². The number of aromatic nitrogens is 1. The molecule has 3 heteroatoms. The van der Waals surface area contributed by atoms with Crippen molar-refractivity contribution in [3.8, 4) is 0 Å². The Morgan fingerprint density at radius 2 is 2.24 bits per heavy atom. The summed E-state index contributed by atoms with van der Waals surface area (Å²) in [5, 5.41) is 12.5. The van der Waals surface area contributed by atoms with Crippen molar-refractivity contribution in [3.63, 3.8) is 0 Å². The van der Waals surface area contributed by atoms with Gasteiger partial charge in [0.1, 0.15) is 0 Å². The van der Waals surface area contributed by atoms with Gasteiger partial charge in [0, 0.05) is 25.0 Å². The van der Waals surface area contributed by atoms with E-state index in [1.807, 2.05) is 12.3 Å². The van der Waals surface area contributed by atoms with Crippen LogP contribution in [0.5, 0.6) is 0 Å². The Morgan fingerprint density at radius 3 is 2.82 bits per heavy atom. The number of hydrogen-bond donors (Lipinski definition) is 2. The van der Waals surface area contributed by atoms with Gasteiger partial charge in [-0.3, -0.25) is 4.98 Å². The van der Waals surface area contributed by atoms with Crippen molar-refractivity contribution in [2.24, 2.45) is 5.92 Å². The van der Waals surface area contributed by atoms with Gasteiger partial charge in [0.25, 0.3) is 0 Å². The molecule has 1 rings (SSSR count). The monoisotopic (exact) mass is 236 g/mol. The fourth-order valence-corrected chi connectivity index (χ4v) is 2.03. The van der Waals surface area contributed by atoms with E-state index in [4.69, 9.17) is 5.11 Å². The van der Waals surface area contributed by atoms with Gasteiger partial charge in [-0.15, -0.1) is 0 Å². The standard InChI is InChI=1S/C14H24N2O/c1-3-5-13(7-9-17)10-16-12(2)14-6-4-8-15-11-14/h4,6,8,11-13,16-17H,3,5,7,9-10H2,1-2H3. The van der Waals surface area contributed by atoms with Gasteiger partial charge in [-0.25, -0.2) is 0 Å². The summed E-state index contributed by atoms with van der Waals surface area (Å²) in [4.78, 5) is 4.13. The molecular formula is C14H24N2O. The minimum atomic E-state index is 0.285. The Morgan fingerprint density at radius 1 is 1.41 bits per heavy atom. The molecule has 0 aliphatic heterocycles. The highest BCUT2D eigenvalue weighted by Gasteiger charge is 2.10. The lowest BCUT2D eigenvalue weighted by molar-refractivity contribution is 0.246. The summed E-state index contributed by atoms with van der Waals surface area (Å²) in [6.45, 7) is 5.59. The molecule has 1 aromatic heterocycles. The number of rotatable bonds is 8. The van der Waals surface area contributed by atoms with Gasteiger partial charge in [-0.1, -0.05) is 19.4 Å². The van der Waals surface area contributed by atoms with Crippen molar-refractivity contribution in [3.05, 3.63) is 30.1 Å². The van der Waals surface area contributed by atoms with Crippen molar-refractivity contribution in [1.29, 1.82) is 0 Å². The van der Waals surface area contributed by atoms with Gasteiger partial charge in [-0.2, -0.15) is 0 Å². The minimum Gasteiger partial charge on any atom is -0.396 e. The molecule has 0 fully saturated rings. The predicted molar refractivity (Wildman–Crippen MR) is 70.8 cm³/mol. The summed E-state index contributed by atoms with van der Waals surface area (Å²) in [7, 11) is 0. The van der Waals surface area contributed by atoms with Gasteiger partial charge in [-0.05, 0) is 43.9 Å². The maximum absolute atomic E-state index is 9.01. The maximum atomic E-state index is 9.01. The normalized spacial score (nSPS) is 14.5. The fourth-order valence-electron chi connectivity index (χ4n) is 2.03. The molecule has 0 amide bonds. The van der Waals surface area contributed by atoms with Crippen LogP contribution in [0.2, 0.25) is 0 Å². The quantitative estimate of drug-likeness (QED) is 0.729. The molecule has 96 valence electrons. The SMILES string of the molecule is CCCC(CCO)CNC(C)c1cccnc1. The highest BCUT2D eigenvalue weighted by Crippen LogP contribution is 2.14. The minimum absolute atomic E-state index is 0.285. The molecule has 0 spiro atoms. The summed E-state index contributed by atoms with van der Waals surface area (Å²) in [5.41, 5.74) is 1.21. The molecule has 0 aliphatic carbocycles. The van der Waals surface area contributed by atoms with Crippen LogP contribution in [0.4, 0.5) is 0 Å². The number of nitrogens with zero attached hydrogens (tertiary/aromatic N) is 1. The van der Waals surface area contributed by atoms with Crippen molar-refractivity contribution in [2.75, 3.05) is 13.2 Å². The molecule has 0 aromatic carbocycles. The molecule has 2 unspecified atom stereocenters. The maximum Gasteiger partial charge on any atom is 0.0434 e. The second kappa shape index (κ2) is 8.20. The molecule has 1 aromatic rings. The van der Waals surface area contributed by atoms with Crippen LogP contribution in [-0.2, 0) is 0 Å². The molecule has 0 saturated heterocycles. The third kappa shape index (κ3) is 5.29. The summed E-state index contributed by atoms with van der Waals surface area (Å²) < 4.78 is 0. The first-order valence-electron chi connectivity index (χ1n) is 6.52. The van der Waals surface area contributed by atoms with Gasteiger partial charge in [0.2, 0.25) is 0 Å². The summed E-state index contributed by atoms with van der Waals surface area (Å²) in [6.07, 6.45) is 6.93. The lowest BCUT2D eigenvalue weighted by Gasteiger charge is -2.19. The van der Waals surface area contributed by atoms with Crippen molar-refractivity contribution < 1.29 is 5.11 Å². The average Bonchev–Trinajstić information content (AvgIpc) is 2.37. The lowest BCUT2D eigenvalue weighted by Crippen LogP contribution is -2.26. The van der Waals surface area contributed by atoms with E-state index in [1.165, 1.54) is 18.4 Å². The van der Waals surface area contributed by atoms with E-state index in [0.717, 1.165) is 13.0 Å². The Kier molecular flexibility index (Phi) is 6.82. The van der Waals surface area contributed by atoms with Crippen molar-refractivity contribution >= 4 is 0 Å². The van der Waals surface area contributed by atoms with E-state index in [2.05, 4.69) is 30.2 Å². The van der Waals surface area contributed by atoms with E-state index < -0.39 is 0 Å². The zero-order valence-corrected chi connectivity index (χ0v) is 10.9. The van der Waals surface area contributed by atoms with Crippen LogP contribution in [0.1, 0.15) is 44.7 Å². The molecule has 2 atom stereocenters. The van der Waals surface area contributed by atoms with E-state index >= 15 is 0 Å². The average molecular weight is 236 g/mol. The molecule has 0 aliphatic rings. The zero-order chi connectivity index (χ0) is 12.5. The Bertz CT molecular complexity index is 284. The van der Waals surface area contributed by atoms with Crippen LogP contribution >= 0.6 is 0 Å². The second-order valence-corrected chi connectivity index (χ2v) is 4.58. The second-order valence-electron chi connectivity index (χ2n) is 4.58. The molecule has 0 bridgehead atoms. The predicted octanol–water partition coefficient (Wildman–Crippen LogP) is 2.53. The lowest BCUT2D eigenvalue weighted by atomic mass is 9.99. The Hall–Kier alpha value is -0.930. The first-order valence-corrected chi connectivity index (χ1v) is 6.52. The van der Waals surface area contributed by atoms with E-state index in [0.29, 0.717) is 12.0 Å². The van der Waals surface area contributed by atoms with Crippen LogP contribution in [0.3, 0.4) is 0 Å². The number of pyridine rings is 1. The van der Waals surface area contributed by atoms with Gasteiger partial charge < -0.3 is 10.4 Å². The molecule has 17 heavy (non-hydrogen) atoms. The van der Waals surface area contributed by atoms with Crippen molar-refractivity contribution in [2.45, 2.75) is 39.2 Å². The fraction of sp³-hybridized carbons (Fsp3) is 0.643. The number of aliphatic hydroxyl groups excluding tert-OH is 1. The molecular weight excluding hydrogens is 212 g/mol. The summed E-state index contributed by atoms with van der Waals surface area (Å²) in [6, 6.07) is 4.37. The van der Waals surface area contributed by atoms with Crippen LogP contribution in [0, 0.1) is 5.92 Å². The zero-order valence-electron chi connectivity index (χ0n) is 10.9. The topological polar surface area (TPSA) is 45.1 Å². The highest BCUT2D eigenvalue weighted by molar-refractivity contribution is 5.12. The smallest absolute Gasteiger partial charge is 0.0434 e. The molecule has 1 heterocycles. The number of nitrogens with one attached hydrogen (secondary N) is 1. The summed E-state index contributed by atoms with van der Waals surface area (Å²) >= 11 is 0. The number of aliphatic hydroxyl groups is 1.